The molecular weight excluding hydrogens is 224 g/mol. The molecule has 0 radical (unpaired) electrons. The van der Waals surface area contributed by atoms with Gasteiger partial charge in [-0.2, -0.15) is 0 Å². The van der Waals surface area contributed by atoms with Crippen molar-refractivity contribution in [1.82, 2.24) is 15.1 Å². The minimum Gasteiger partial charge on any atom is -0.314 e. The monoisotopic (exact) mass is 249 g/mol. The van der Waals surface area contributed by atoms with Gasteiger partial charge in [0.15, 0.2) is 0 Å². The molecule has 0 aromatic heterocycles. The minimum atomic E-state index is -2.55. The molecule has 2 aliphatic rings. The summed E-state index contributed by atoms with van der Waals surface area (Å²) in [5.74, 6) is -2.55. The molecular formula is C12H25F2N3. The first-order valence-electron chi connectivity index (χ1n) is 6.61. The van der Waals surface area contributed by atoms with Gasteiger partial charge in [0.2, 0.25) is 0 Å². The Balaban J connectivity index is 0.000000686. The van der Waals surface area contributed by atoms with E-state index in [1.165, 1.54) is 0 Å². The van der Waals surface area contributed by atoms with Crippen LogP contribution in [-0.2, 0) is 0 Å². The standard InChI is InChI=1S/C10H19F2N3.C2H6/c1-14-5-2-9(10(11,12)8-14)15-6-3-13-4-7-15;1-2/h9,13H,2-8H2,1H3;1-2H3. The highest BCUT2D eigenvalue weighted by Crippen LogP contribution is 2.30. The lowest BCUT2D eigenvalue weighted by molar-refractivity contribution is -0.124. The first-order valence-corrected chi connectivity index (χ1v) is 6.61. The topological polar surface area (TPSA) is 18.5 Å². The van der Waals surface area contributed by atoms with Crippen LogP contribution in [0, 0.1) is 0 Å². The fourth-order valence-electron chi connectivity index (χ4n) is 2.54. The molecule has 1 N–H and O–H groups in total. The SMILES string of the molecule is CC.CN1CCC(N2CCNCC2)C(F)(F)C1. The zero-order chi connectivity index (χ0) is 12.9. The second-order valence-electron chi connectivity index (χ2n) is 4.59. The summed E-state index contributed by atoms with van der Waals surface area (Å²) in [7, 11) is 1.77. The van der Waals surface area contributed by atoms with E-state index in [-0.39, 0.29) is 6.54 Å². The molecule has 2 fully saturated rings. The summed E-state index contributed by atoms with van der Waals surface area (Å²) in [6, 6.07) is -0.546. The van der Waals surface area contributed by atoms with E-state index in [0.29, 0.717) is 6.42 Å². The third kappa shape index (κ3) is 3.86. The highest BCUT2D eigenvalue weighted by molar-refractivity contribution is 4.93. The van der Waals surface area contributed by atoms with Gasteiger partial charge >= 0.3 is 0 Å². The highest BCUT2D eigenvalue weighted by atomic mass is 19.3. The van der Waals surface area contributed by atoms with Gasteiger partial charge in [0.05, 0.1) is 12.6 Å². The Morgan fingerprint density at radius 1 is 1.12 bits per heavy atom. The summed E-state index contributed by atoms with van der Waals surface area (Å²) in [5.41, 5.74) is 0. The highest BCUT2D eigenvalue weighted by Gasteiger charge is 2.46. The number of hydrogen-bond acceptors (Lipinski definition) is 3. The number of piperazine rings is 1. The van der Waals surface area contributed by atoms with Crippen LogP contribution in [0.15, 0.2) is 0 Å². The van der Waals surface area contributed by atoms with E-state index < -0.39 is 12.0 Å². The van der Waals surface area contributed by atoms with Gasteiger partial charge in [0, 0.05) is 26.2 Å². The molecule has 17 heavy (non-hydrogen) atoms. The van der Waals surface area contributed by atoms with E-state index in [9.17, 15) is 8.78 Å². The van der Waals surface area contributed by atoms with E-state index in [0.717, 1.165) is 32.7 Å². The van der Waals surface area contributed by atoms with Gasteiger partial charge in [-0.25, -0.2) is 8.78 Å². The third-order valence-electron chi connectivity index (χ3n) is 3.34. The average molecular weight is 249 g/mol. The van der Waals surface area contributed by atoms with Crippen LogP contribution < -0.4 is 5.32 Å². The third-order valence-corrected chi connectivity index (χ3v) is 3.34. The molecule has 0 saturated carbocycles. The lowest BCUT2D eigenvalue weighted by Crippen LogP contribution is -2.60. The fourth-order valence-corrected chi connectivity index (χ4v) is 2.54. The number of rotatable bonds is 1. The lowest BCUT2D eigenvalue weighted by atomic mass is 9.99. The number of likely N-dealkylation sites (tertiary alicyclic amines) is 1. The molecule has 2 rings (SSSR count). The van der Waals surface area contributed by atoms with E-state index in [2.05, 4.69) is 5.32 Å². The molecule has 0 aromatic rings. The molecule has 2 saturated heterocycles. The molecule has 0 aromatic carbocycles. The molecule has 1 atom stereocenters. The Bertz CT molecular complexity index is 218. The second kappa shape index (κ2) is 6.61. The predicted molar refractivity (Wildman–Crippen MR) is 66.6 cm³/mol. The summed E-state index contributed by atoms with van der Waals surface area (Å²) < 4.78 is 27.6. The summed E-state index contributed by atoms with van der Waals surface area (Å²) in [6.45, 7) is 7.87. The van der Waals surface area contributed by atoms with Crippen molar-refractivity contribution in [2.75, 3.05) is 46.3 Å². The largest absolute Gasteiger partial charge is 0.314 e. The zero-order valence-corrected chi connectivity index (χ0v) is 11.2. The molecule has 1 unspecified atom stereocenters. The van der Waals surface area contributed by atoms with Crippen molar-refractivity contribution in [2.24, 2.45) is 0 Å². The van der Waals surface area contributed by atoms with Gasteiger partial charge < -0.3 is 10.2 Å². The number of nitrogens with zero attached hydrogens (tertiary/aromatic N) is 2. The van der Waals surface area contributed by atoms with Crippen molar-refractivity contribution in [3.8, 4) is 0 Å². The summed E-state index contributed by atoms with van der Waals surface area (Å²) in [4.78, 5) is 3.67. The summed E-state index contributed by atoms with van der Waals surface area (Å²) in [6.07, 6.45) is 0.587. The molecule has 2 heterocycles. The van der Waals surface area contributed by atoms with Gasteiger partial charge in [-0.15, -0.1) is 0 Å². The molecule has 0 amide bonds. The van der Waals surface area contributed by atoms with Crippen molar-refractivity contribution in [2.45, 2.75) is 32.2 Å². The Hall–Kier alpha value is -0.260. The van der Waals surface area contributed by atoms with Crippen LogP contribution in [0.5, 0.6) is 0 Å². The smallest absolute Gasteiger partial charge is 0.275 e. The number of halogens is 2. The van der Waals surface area contributed by atoms with Crippen LogP contribution in [0.2, 0.25) is 0 Å². The van der Waals surface area contributed by atoms with Gasteiger partial charge in [-0.05, 0) is 20.0 Å². The summed E-state index contributed by atoms with van der Waals surface area (Å²) in [5, 5.41) is 3.19. The Kier molecular flexibility index (Phi) is 5.76. The van der Waals surface area contributed by atoms with E-state index >= 15 is 0 Å². The normalized spacial score (nSPS) is 30.5. The molecule has 3 nitrogen and oxygen atoms in total. The van der Waals surface area contributed by atoms with E-state index in [1.54, 1.807) is 11.9 Å². The van der Waals surface area contributed by atoms with Crippen LogP contribution in [0.25, 0.3) is 0 Å². The molecule has 0 spiro atoms. The molecule has 102 valence electrons. The Morgan fingerprint density at radius 3 is 2.24 bits per heavy atom. The molecule has 0 bridgehead atoms. The first-order chi connectivity index (χ1) is 8.09. The van der Waals surface area contributed by atoms with Gasteiger partial charge in [0.1, 0.15) is 0 Å². The Labute approximate surface area is 103 Å². The molecule has 2 aliphatic heterocycles. The number of alkyl halides is 2. The maximum Gasteiger partial charge on any atom is 0.275 e. The van der Waals surface area contributed by atoms with Crippen molar-refractivity contribution in [3.63, 3.8) is 0 Å². The van der Waals surface area contributed by atoms with E-state index in [4.69, 9.17) is 0 Å². The predicted octanol–water partition coefficient (Wildman–Crippen LogP) is 1.26. The first kappa shape index (κ1) is 14.8. The fraction of sp³-hybridized carbons (Fsp3) is 1.00. The van der Waals surface area contributed by atoms with Crippen LogP contribution in [0.3, 0.4) is 0 Å². The maximum atomic E-state index is 13.8. The van der Waals surface area contributed by atoms with Gasteiger partial charge in [-0.3, -0.25) is 4.90 Å². The van der Waals surface area contributed by atoms with Crippen molar-refractivity contribution in [3.05, 3.63) is 0 Å². The average Bonchev–Trinajstić information content (AvgIpc) is 2.31. The molecule has 5 heteroatoms. The number of nitrogens with one attached hydrogen (secondary N) is 1. The van der Waals surface area contributed by atoms with E-state index in [1.807, 2.05) is 18.7 Å². The lowest BCUT2D eigenvalue weighted by Gasteiger charge is -2.44. The van der Waals surface area contributed by atoms with Crippen molar-refractivity contribution >= 4 is 0 Å². The zero-order valence-electron chi connectivity index (χ0n) is 11.2. The van der Waals surface area contributed by atoms with Crippen molar-refractivity contribution < 1.29 is 8.78 Å². The van der Waals surface area contributed by atoms with Crippen LogP contribution in [0.1, 0.15) is 20.3 Å². The number of hydrogen-bond donors (Lipinski definition) is 1. The van der Waals surface area contributed by atoms with Gasteiger partial charge in [0.25, 0.3) is 5.92 Å². The molecule has 0 aliphatic carbocycles. The van der Waals surface area contributed by atoms with Crippen LogP contribution >= 0.6 is 0 Å². The maximum absolute atomic E-state index is 13.8. The van der Waals surface area contributed by atoms with Crippen molar-refractivity contribution in [1.29, 1.82) is 0 Å². The van der Waals surface area contributed by atoms with Crippen LogP contribution in [0.4, 0.5) is 8.78 Å². The van der Waals surface area contributed by atoms with Crippen LogP contribution in [-0.4, -0.2) is 68.1 Å². The minimum absolute atomic E-state index is 0.0956. The summed E-state index contributed by atoms with van der Waals surface area (Å²) >= 11 is 0. The quantitative estimate of drug-likeness (QED) is 0.755. The second-order valence-corrected chi connectivity index (χ2v) is 4.59. The van der Waals surface area contributed by atoms with Gasteiger partial charge in [-0.1, -0.05) is 13.8 Å². The Morgan fingerprint density at radius 2 is 1.71 bits per heavy atom. The number of piperidine rings is 1.